The van der Waals surface area contributed by atoms with Crippen molar-refractivity contribution in [3.05, 3.63) is 42.2 Å². The summed E-state index contributed by atoms with van der Waals surface area (Å²) >= 11 is 0. The van der Waals surface area contributed by atoms with Crippen molar-refractivity contribution in [3.63, 3.8) is 0 Å². The van der Waals surface area contributed by atoms with E-state index in [1.165, 1.54) is 12.4 Å². The largest absolute Gasteiger partial charge is 0.366 e. The van der Waals surface area contributed by atoms with Crippen molar-refractivity contribution in [2.24, 2.45) is 0 Å². The lowest BCUT2D eigenvalue weighted by molar-refractivity contribution is 0.509. The van der Waals surface area contributed by atoms with Gasteiger partial charge in [-0.2, -0.15) is 0 Å². The highest BCUT2D eigenvalue weighted by Gasteiger charge is 2.27. The first-order valence-electron chi connectivity index (χ1n) is 6.92. The maximum Gasteiger partial charge on any atom is 0.160 e. The van der Waals surface area contributed by atoms with E-state index in [4.69, 9.17) is 0 Å². The summed E-state index contributed by atoms with van der Waals surface area (Å²) in [4.78, 5) is 8.03. The molecule has 6 nitrogen and oxygen atoms in total. The summed E-state index contributed by atoms with van der Waals surface area (Å²) in [5.74, 6) is -0.804. The Morgan fingerprint density at radius 2 is 1.87 bits per heavy atom. The van der Waals surface area contributed by atoms with Gasteiger partial charge in [0.25, 0.3) is 0 Å². The molecular weight excluding hydrogens is 326 g/mol. The summed E-state index contributed by atoms with van der Waals surface area (Å²) in [6.45, 7) is 0. The third kappa shape index (κ3) is 3.92. The number of hydrogen-bond acceptors (Lipinski definition) is 6. The van der Waals surface area contributed by atoms with Gasteiger partial charge in [0.2, 0.25) is 0 Å². The molecule has 0 spiro atoms. The van der Waals surface area contributed by atoms with Gasteiger partial charge in [0, 0.05) is 23.9 Å². The van der Waals surface area contributed by atoms with Gasteiger partial charge in [-0.15, -0.1) is 0 Å². The molecule has 3 rings (SSSR count). The molecule has 1 aromatic heterocycles. The number of halogens is 2. The predicted molar refractivity (Wildman–Crippen MR) is 82.4 cm³/mol. The molecule has 1 aliphatic heterocycles. The van der Waals surface area contributed by atoms with Crippen molar-refractivity contribution in [1.29, 1.82) is 0 Å². The number of nitrogens with zero attached hydrogens (tertiary/aromatic N) is 2. The molecule has 0 aliphatic carbocycles. The van der Waals surface area contributed by atoms with E-state index in [-0.39, 0.29) is 17.5 Å². The summed E-state index contributed by atoms with van der Waals surface area (Å²) in [6.07, 6.45) is 1.83. The molecule has 1 atom stereocenters. The second-order valence-corrected chi connectivity index (χ2v) is 7.52. The molecule has 2 aromatic rings. The van der Waals surface area contributed by atoms with Gasteiger partial charge in [0.05, 0.1) is 11.5 Å². The van der Waals surface area contributed by atoms with Crippen LogP contribution in [-0.2, 0) is 9.84 Å². The highest BCUT2D eigenvalue weighted by molar-refractivity contribution is 7.91. The van der Waals surface area contributed by atoms with Gasteiger partial charge < -0.3 is 10.6 Å². The first-order chi connectivity index (χ1) is 10.9. The third-order valence-electron chi connectivity index (χ3n) is 3.44. The van der Waals surface area contributed by atoms with E-state index >= 15 is 0 Å². The third-order valence-corrected chi connectivity index (χ3v) is 5.21. The van der Waals surface area contributed by atoms with Crippen molar-refractivity contribution in [1.82, 2.24) is 9.97 Å². The van der Waals surface area contributed by atoms with Crippen LogP contribution in [0.3, 0.4) is 0 Å². The number of sulfone groups is 1. The molecule has 0 saturated carbocycles. The second-order valence-electron chi connectivity index (χ2n) is 5.29. The van der Waals surface area contributed by atoms with Gasteiger partial charge in [0.15, 0.2) is 21.5 Å². The van der Waals surface area contributed by atoms with Crippen molar-refractivity contribution in [2.75, 3.05) is 22.1 Å². The van der Waals surface area contributed by atoms with Crippen molar-refractivity contribution in [2.45, 2.75) is 12.5 Å². The fraction of sp³-hybridized carbons (Fsp3) is 0.286. The van der Waals surface area contributed by atoms with Gasteiger partial charge >= 0.3 is 0 Å². The summed E-state index contributed by atoms with van der Waals surface area (Å²) in [6, 6.07) is 4.81. The van der Waals surface area contributed by atoms with Crippen LogP contribution in [0.4, 0.5) is 26.1 Å². The van der Waals surface area contributed by atoms with Crippen LogP contribution >= 0.6 is 0 Å². The van der Waals surface area contributed by atoms with Crippen LogP contribution in [0.5, 0.6) is 0 Å². The maximum atomic E-state index is 13.2. The Labute approximate surface area is 131 Å². The van der Waals surface area contributed by atoms with Gasteiger partial charge in [0.1, 0.15) is 18.0 Å². The van der Waals surface area contributed by atoms with E-state index < -0.39 is 21.5 Å². The Bertz CT molecular complexity index is 829. The number of hydrogen-bond donors (Lipinski definition) is 2. The van der Waals surface area contributed by atoms with Gasteiger partial charge in [-0.3, -0.25) is 0 Å². The second kappa shape index (κ2) is 6.07. The van der Waals surface area contributed by atoms with E-state index in [0.717, 1.165) is 12.1 Å². The summed E-state index contributed by atoms with van der Waals surface area (Å²) in [5.41, 5.74) is 0.344. The Morgan fingerprint density at radius 1 is 1.09 bits per heavy atom. The number of benzene rings is 1. The van der Waals surface area contributed by atoms with E-state index in [1.807, 2.05) is 0 Å². The minimum atomic E-state index is -2.98. The Morgan fingerprint density at radius 3 is 2.57 bits per heavy atom. The van der Waals surface area contributed by atoms with Crippen LogP contribution in [0.15, 0.2) is 30.6 Å². The maximum absolute atomic E-state index is 13.2. The van der Waals surface area contributed by atoms with E-state index in [2.05, 4.69) is 20.6 Å². The first-order valence-corrected chi connectivity index (χ1v) is 8.74. The monoisotopic (exact) mass is 340 g/mol. The molecule has 122 valence electrons. The van der Waals surface area contributed by atoms with Crippen LogP contribution in [-0.4, -0.2) is 35.9 Å². The minimum absolute atomic E-state index is 0.0724. The number of nitrogens with one attached hydrogen (secondary N) is 2. The Hall–Kier alpha value is -2.29. The fourth-order valence-electron chi connectivity index (χ4n) is 2.34. The number of aromatic nitrogens is 2. The van der Waals surface area contributed by atoms with E-state index in [1.54, 1.807) is 6.07 Å². The highest BCUT2D eigenvalue weighted by atomic mass is 32.2. The topological polar surface area (TPSA) is 84.0 Å². The van der Waals surface area contributed by atoms with E-state index in [0.29, 0.717) is 23.7 Å². The number of anilines is 3. The standard InChI is InChI=1S/C14H14F2N4O2S/c15-11-2-1-9(5-12(11)16)19-13-6-14(18-8-17-13)20-10-3-4-23(21,22)7-10/h1-2,5-6,8,10H,3-4,7H2,(H2,17,18,19,20). The average Bonchev–Trinajstić information content (AvgIpc) is 2.82. The van der Waals surface area contributed by atoms with Crippen LogP contribution in [0, 0.1) is 11.6 Å². The van der Waals surface area contributed by atoms with Crippen molar-refractivity contribution < 1.29 is 17.2 Å². The summed E-state index contributed by atoms with van der Waals surface area (Å²) in [5, 5.41) is 5.88. The van der Waals surface area contributed by atoms with Gasteiger partial charge in [-0.25, -0.2) is 27.2 Å². The molecule has 9 heteroatoms. The lowest BCUT2D eigenvalue weighted by Gasteiger charge is -2.12. The van der Waals surface area contributed by atoms with Crippen LogP contribution in [0.1, 0.15) is 6.42 Å². The summed E-state index contributed by atoms with van der Waals surface area (Å²) in [7, 11) is -2.98. The molecule has 1 saturated heterocycles. The normalized spacial score (nSPS) is 19.5. The Kier molecular flexibility index (Phi) is 4.12. The summed E-state index contributed by atoms with van der Waals surface area (Å²) < 4.78 is 49.0. The number of rotatable bonds is 4. The first kappa shape index (κ1) is 15.6. The fourth-order valence-corrected chi connectivity index (χ4v) is 4.02. The van der Waals surface area contributed by atoms with Crippen molar-refractivity contribution >= 4 is 27.2 Å². The Balaban J connectivity index is 1.71. The zero-order valence-electron chi connectivity index (χ0n) is 12.0. The predicted octanol–water partition coefficient (Wildman–Crippen LogP) is 2.10. The highest BCUT2D eigenvalue weighted by Crippen LogP contribution is 2.20. The molecule has 2 heterocycles. The zero-order chi connectivity index (χ0) is 16.4. The smallest absolute Gasteiger partial charge is 0.160 e. The van der Waals surface area contributed by atoms with E-state index in [9.17, 15) is 17.2 Å². The molecule has 2 N–H and O–H groups in total. The molecular formula is C14H14F2N4O2S. The van der Waals surface area contributed by atoms with Crippen LogP contribution < -0.4 is 10.6 Å². The zero-order valence-corrected chi connectivity index (χ0v) is 12.8. The van der Waals surface area contributed by atoms with Crippen LogP contribution in [0.2, 0.25) is 0 Å². The molecule has 0 radical (unpaired) electrons. The molecule has 1 fully saturated rings. The molecule has 1 aromatic carbocycles. The molecule has 0 bridgehead atoms. The van der Waals surface area contributed by atoms with Gasteiger partial charge in [-0.05, 0) is 18.6 Å². The average molecular weight is 340 g/mol. The quantitative estimate of drug-likeness (QED) is 0.887. The molecule has 0 amide bonds. The SMILES string of the molecule is O=S1(=O)CCC(Nc2cc(Nc3ccc(F)c(F)c3)ncn2)C1. The molecule has 1 unspecified atom stereocenters. The lowest BCUT2D eigenvalue weighted by atomic mass is 10.2. The lowest BCUT2D eigenvalue weighted by Crippen LogP contribution is -2.21. The molecule has 23 heavy (non-hydrogen) atoms. The minimum Gasteiger partial charge on any atom is -0.366 e. The van der Waals surface area contributed by atoms with Gasteiger partial charge in [-0.1, -0.05) is 0 Å². The molecule has 1 aliphatic rings. The van der Waals surface area contributed by atoms with Crippen molar-refractivity contribution in [3.8, 4) is 0 Å². The van der Waals surface area contributed by atoms with Crippen LogP contribution in [0.25, 0.3) is 0 Å².